The average Bonchev–Trinajstić information content (AvgIpc) is 2.97. The van der Waals surface area contributed by atoms with Gasteiger partial charge in [-0.25, -0.2) is 9.18 Å². The van der Waals surface area contributed by atoms with E-state index >= 15 is 0 Å². The Balaban J connectivity index is 1.92. The number of carboxylic acid groups (broad SMARTS) is 1. The standard InChI is InChI=1S/C19H20FN3O3/c20-17-10-15(7-6-13(17)11-21)22-12-16(8-9-18(24)25)23(19(22)26)14-4-2-1-3-5-14/h1-7,10,16H,8-9,11-12,21H2,(H,24,25). The number of hydrogen-bond donors (Lipinski definition) is 2. The van der Waals surface area contributed by atoms with Crippen molar-refractivity contribution in [2.75, 3.05) is 16.3 Å². The second-order valence-electron chi connectivity index (χ2n) is 6.16. The molecule has 1 atom stereocenters. The van der Waals surface area contributed by atoms with E-state index in [1.165, 1.54) is 11.0 Å². The van der Waals surface area contributed by atoms with Crippen LogP contribution in [0.2, 0.25) is 0 Å². The van der Waals surface area contributed by atoms with Crippen LogP contribution in [0.3, 0.4) is 0 Å². The minimum atomic E-state index is -0.915. The summed E-state index contributed by atoms with van der Waals surface area (Å²) in [5.41, 5.74) is 6.99. The lowest BCUT2D eigenvalue weighted by Gasteiger charge is -2.23. The second-order valence-corrected chi connectivity index (χ2v) is 6.16. The van der Waals surface area contributed by atoms with Crippen LogP contribution in [0.5, 0.6) is 0 Å². The number of carbonyl (C=O) groups is 2. The highest BCUT2D eigenvalue weighted by atomic mass is 19.1. The molecule has 0 bridgehead atoms. The summed E-state index contributed by atoms with van der Waals surface area (Å²) < 4.78 is 14.1. The molecule has 7 heteroatoms. The summed E-state index contributed by atoms with van der Waals surface area (Å²) in [4.78, 5) is 27.0. The number of anilines is 2. The van der Waals surface area contributed by atoms with Crippen LogP contribution in [-0.2, 0) is 11.3 Å². The maximum absolute atomic E-state index is 14.1. The molecule has 136 valence electrons. The molecule has 2 amide bonds. The minimum absolute atomic E-state index is 0.0460. The number of carboxylic acids is 1. The topological polar surface area (TPSA) is 86.9 Å². The molecule has 1 heterocycles. The maximum Gasteiger partial charge on any atom is 0.329 e. The highest BCUT2D eigenvalue weighted by molar-refractivity contribution is 6.06. The summed E-state index contributed by atoms with van der Waals surface area (Å²) in [6.45, 7) is 0.375. The normalized spacial score (nSPS) is 17.0. The van der Waals surface area contributed by atoms with Crippen LogP contribution >= 0.6 is 0 Å². The van der Waals surface area contributed by atoms with Crippen LogP contribution in [0.15, 0.2) is 48.5 Å². The molecule has 0 radical (unpaired) electrons. The van der Waals surface area contributed by atoms with Gasteiger partial charge in [0.25, 0.3) is 0 Å². The number of nitrogens with zero attached hydrogens (tertiary/aromatic N) is 2. The van der Waals surface area contributed by atoms with Crippen LogP contribution in [0.25, 0.3) is 0 Å². The Labute approximate surface area is 150 Å². The molecule has 1 unspecified atom stereocenters. The molecule has 26 heavy (non-hydrogen) atoms. The first kappa shape index (κ1) is 17.9. The number of urea groups is 1. The molecule has 2 aromatic rings. The van der Waals surface area contributed by atoms with Crippen molar-refractivity contribution in [3.05, 3.63) is 59.9 Å². The zero-order valence-corrected chi connectivity index (χ0v) is 14.1. The maximum atomic E-state index is 14.1. The number of rotatable bonds is 6. The number of para-hydroxylation sites is 1. The lowest BCUT2D eigenvalue weighted by atomic mass is 10.1. The van der Waals surface area contributed by atoms with E-state index in [0.717, 1.165) is 0 Å². The lowest BCUT2D eigenvalue weighted by Crippen LogP contribution is -2.35. The second kappa shape index (κ2) is 7.53. The Kier molecular flexibility index (Phi) is 5.18. The van der Waals surface area contributed by atoms with E-state index in [1.54, 1.807) is 29.2 Å². The van der Waals surface area contributed by atoms with E-state index in [4.69, 9.17) is 10.8 Å². The van der Waals surface area contributed by atoms with Gasteiger partial charge in [-0.1, -0.05) is 24.3 Å². The van der Waals surface area contributed by atoms with Crippen LogP contribution < -0.4 is 15.5 Å². The molecule has 3 rings (SSSR count). The Hall–Kier alpha value is -2.93. The van der Waals surface area contributed by atoms with E-state index in [0.29, 0.717) is 29.9 Å². The molecule has 1 saturated heterocycles. The fourth-order valence-electron chi connectivity index (χ4n) is 3.16. The van der Waals surface area contributed by atoms with Gasteiger partial charge < -0.3 is 10.8 Å². The van der Waals surface area contributed by atoms with Crippen molar-refractivity contribution < 1.29 is 19.1 Å². The third-order valence-electron chi connectivity index (χ3n) is 4.49. The van der Waals surface area contributed by atoms with Crippen molar-refractivity contribution in [1.82, 2.24) is 0 Å². The molecule has 0 spiro atoms. The Morgan fingerprint density at radius 2 is 1.92 bits per heavy atom. The molecular weight excluding hydrogens is 337 g/mol. The van der Waals surface area contributed by atoms with Crippen molar-refractivity contribution in [3.8, 4) is 0 Å². The van der Waals surface area contributed by atoms with Gasteiger partial charge in [-0.15, -0.1) is 0 Å². The highest BCUT2D eigenvalue weighted by Gasteiger charge is 2.39. The first-order chi connectivity index (χ1) is 12.5. The van der Waals surface area contributed by atoms with Crippen molar-refractivity contribution in [2.24, 2.45) is 5.73 Å². The molecule has 0 aromatic heterocycles. The molecule has 1 aliphatic rings. The third-order valence-corrected chi connectivity index (χ3v) is 4.49. The summed E-state index contributed by atoms with van der Waals surface area (Å²) in [7, 11) is 0. The van der Waals surface area contributed by atoms with Crippen LogP contribution in [-0.4, -0.2) is 29.7 Å². The number of nitrogens with two attached hydrogens (primary N) is 1. The fraction of sp³-hybridized carbons (Fsp3) is 0.263. The number of halogens is 1. The zero-order valence-electron chi connectivity index (χ0n) is 14.1. The summed E-state index contributed by atoms with van der Waals surface area (Å²) in [6, 6.07) is 13.0. The molecule has 0 saturated carbocycles. The van der Waals surface area contributed by atoms with Crippen LogP contribution in [0.4, 0.5) is 20.6 Å². The smallest absolute Gasteiger partial charge is 0.329 e. The number of carbonyl (C=O) groups excluding carboxylic acids is 1. The van der Waals surface area contributed by atoms with E-state index < -0.39 is 11.8 Å². The minimum Gasteiger partial charge on any atom is -0.481 e. The number of benzene rings is 2. The first-order valence-electron chi connectivity index (χ1n) is 8.37. The lowest BCUT2D eigenvalue weighted by molar-refractivity contribution is -0.137. The molecule has 6 nitrogen and oxygen atoms in total. The van der Waals surface area contributed by atoms with E-state index in [-0.39, 0.29) is 25.0 Å². The third kappa shape index (κ3) is 3.52. The van der Waals surface area contributed by atoms with Gasteiger partial charge in [0, 0.05) is 36.4 Å². The summed E-state index contributed by atoms with van der Waals surface area (Å²) in [5.74, 6) is -1.37. The van der Waals surface area contributed by atoms with Gasteiger partial charge >= 0.3 is 12.0 Å². The van der Waals surface area contributed by atoms with Gasteiger partial charge in [-0.2, -0.15) is 0 Å². The highest BCUT2D eigenvalue weighted by Crippen LogP contribution is 2.31. The van der Waals surface area contributed by atoms with Crippen LogP contribution in [0.1, 0.15) is 18.4 Å². The molecule has 1 fully saturated rings. The Morgan fingerprint density at radius 3 is 2.54 bits per heavy atom. The van der Waals surface area contributed by atoms with E-state index in [1.807, 2.05) is 18.2 Å². The first-order valence-corrected chi connectivity index (χ1v) is 8.37. The van der Waals surface area contributed by atoms with Gasteiger partial charge in [0.05, 0.1) is 6.04 Å². The average molecular weight is 357 g/mol. The number of amides is 2. The van der Waals surface area contributed by atoms with Crippen molar-refractivity contribution in [2.45, 2.75) is 25.4 Å². The molecule has 3 N–H and O–H groups in total. The van der Waals surface area contributed by atoms with Gasteiger partial charge in [-0.3, -0.25) is 14.6 Å². The molecular formula is C19H20FN3O3. The van der Waals surface area contributed by atoms with E-state index in [2.05, 4.69) is 0 Å². The van der Waals surface area contributed by atoms with Crippen LogP contribution in [0, 0.1) is 5.82 Å². The van der Waals surface area contributed by atoms with E-state index in [9.17, 15) is 14.0 Å². The van der Waals surface area contributed by atoms with Gasteiger partial charge in [0.1, 0.15) is 5.82 Å². The largest absolute Gasteiger partial charge is 0.481 e. The fourth-order valence-corrected chi connectivity index (χ4v) is 3.16. The van der Waals surface area contributed by atoms with Crippen molar-refractivity contribution >= 4 is 23.4 Å². The zero-order chi connectivity index (χ0) is 18.7. The Bertz CT molecular complexity index is 813. The molecule has 2 aromatic carbocycles. The van der Waals surface area contributed by atoms with Gasteiger partial charge in [0.15, 0.2) is 0 Å². The number of hydrogen-bond acceptors (Lipinski definition) is 3. The predicted molar refractivity (Wildman–Crippen MR) is 96.6 cm³/mol. The quantitative estimate of drug-likeness (QED) is 0.832. The molecule has 1 aliphatic heterocycles. The van der Waals surface area contributed by atoms with Gasteiger partial charge in [0.2, 0.25) is 0 Å². The van der Waals surface area contributed by atoms with Crippen molar-refractivity contribution in [1.29, 1.82) is 0 Å². The monoisotopic (exact) mass is 357 g/mol. The predicted octanol–water partition coefficient (Wildman–Crippen LogP) is 2.96. The summed E-state index contributed by atoms with van der Waals surface area (Å²) >= 11 is 0. The summed E-state index contributed by atoms with van der Waals surface area (Å²) in [6.07, 6.45) is 0.269. The summed E-state index contributed by atoms with van der Waals surface area (Å²) in [5, 5.41) is 9.00. The Morgan fingerprint density at radius 1 is 1.19 bits per heavy atom. The number of aliphatic carboxylic acids is 1. The molecule has 0 aliphatic carbocycles. The van der Waals surface area contributed by atoms with Crippen molar-refractivity contribution in [3.63, 3.8) is 0 Å². The SMILES string of the molecule is NCc1ccc(N2CC(CCC(=O)O)N(c3ccccc3)C2=O)cc1F. The van der Waals surface area contributed by atoms with Gasteiger partial charge in [-0.05, 0) is 30.7 Å².